The predicted molar refractivity (Wildman–Crippen MR) is 98.5 cm³/mol. The second kappa shape index (κ2) is 7.36. The monoisotopic (exact) mass is 339 g/mol. The number of fused-ring (bicyclic) bond motifs is 1. The molecular weight excluding hydrogens is 318 g/mol. The second-order valence-corrected chi connectivity index (χ2v) is 5.97. The third-order valence-electron chi connectivity index (χ3n) is 4.02. The third-order valence-corrected chi connectivity index (χ3v) is 4.02. The summed E-state index contributed by atoms with van der Waals surface area (Å²) in [6.07, 6.45) is 0. The Morgan fingerprint density at radius 2 is 1.88 bits per heavy atom. The van der Waals surface area contributed by atoms with Crippen LogP contribution in [0.2, 0.25) is 0 Å². The number of nitrogens with zero attached hydrogens (tertiary/aromatic N) is 1. The molecule has 0 amide bonds. The molecule has 0 saturated heterocycles. The molecule has 0 bridgehead atoms. The smallest absolute Gasteiger partial charge is 0.329 e. The fourth-order valence-electron chi connectivity index (χ4n) is 2.65. The van der Waals surface area contributed by atoms with Gasteiger partial charge in [-0.2, -0.15) is 0 Å². The zero-order valence-electron chi connectivity index (χ0n) is 14.3. The highest BCUT2D eigenvalue weighted by molar-refractivity contribution is 5.77. The molecule has 0 unspecified atom stereocenters. The van der Waals surface area contributed by atoms with Crippen molar-refractivity contribution in [3.63, 3.8) is 0 Å². The van der Waals surface area contributed by atoms with Crippen LogP contribution in [0, 0.1) is 6.92 Å². The molecule has 1 heterocycles. The summed E-state index contributed by atoms with van der Waals surface area (Å²) in [4.78, 5) is 27.7. The van der Waals surface area contributed by atoms with Gasteiger partial charge in [-0.1, -0.05) is 23.8 Å². The Labute approximate surface area is 145 Å². The third kappa shape index (κ3) is 3.80. The fourth-order valence-corrected chi connectivity index (χ4v) is 2.65. The molecule has 0 atom stereocenters. The minimum atomic E-state index is -0.407. The van der Waals surface area contributed by atoms with Crippen LogP contribution in [0.25, 0.3) is 10.9 Å². The quantitative estimate of drug-likeness (QED) is 0.670. The summed E-state index contributed by atoms with van der Waals surface area (Å²) in [5.41, 5.74) is 1.71. The average molecular weight is 339 g/mol. The number of nitrogens with one attached hydrogen (secondary N) is 2. The topological polar surface area (TPSA) is 76.1 Å². The molecular formula is C19H21N3O3. The first-order chi connectivity index (χ1) is 12.1. The highest BCUT2D eigenvalue weighted by Gasteiger charge is 2.08. The van der Waals surface area contributed by atoms with Crippen LogP contribution >= 0.6 is 0 Å². The number of hydrogen-bond donors (Lipinski definition) is 2. The van der Waals surface area contributed by atoms with Gasteiger partial charge in [0.15, 0.2) is 0 Å². The highest BCUT2D eigenvalue weighted by Crippen LogP contribution is 2.13. The summed E-state index contributed by atoms with van der Waals surface area (Å²) in [5.74, 6) is 0.759. The lowest BCUT2D eigenvalue weighted by Crippen LogP contribution is -2.35. The molecule has 130 valence electrons. The van der Waals surface area contributed by atoms with E-state index in [4.69, 9.17) is 4.74 Å². The van der Waals surface area contributed by atoms with Crippen LogP contribution in [0.15, 0.2) is 52.1 Å². The molecule has 0 saturated carbocycles. The van der Waals surface area contributed by atoms with Gasteiger partial charge in [-0.05, 0) is 43.8 Å². The van der Waals surface area contributed by atoms with Crippen LogP contribution in [0.5, 0.6) is 5.75 Å². The first kappa shape index (κ1) is 17.0. The normalized spacial score (nSPS) is 11.0. The summed E-state index contributed by atoms with van der Waals surface area (Å²) in [7, 11) is 1.87. The first-order valence-electron chi connectivity index (χ1n) is 8.18. The van der Waals surface area contributed by atoms with Crippen LogP contribution in [-0.2, 0) is 6.54 Å². The van der Waals surface area contributed by atoms with Crippen molar-refractivity contribution in [3.05, 3.63) is 74.4 Å². The number of aromatic amines is 1. The summed E-state index contributed by atoms with van der Waals surface area (Å²) < 4.78 is 6.79. The lowest BCUT2D eigenvalue weighted by Gasteiger charge is -2.09. The minimum Gasteiger partial charge on any atom is -0.492 e. The van der Waals surface area contributed by atoms with Crippen molar-refractivity contribution in [3.8, 4) is 5.75 Å². The van der Waals surface area contributed by atoms with Crippen LogP contribution in [0.3, 0.4) is 0 Å². The number of aromatic nitrogens is 2. The van der Waals surface area contributed by atoms with E-state index in [1.807, 2.05) is 44.3 Å². The summed E-state index contributed by atoms with van der Waals surface area (Å²) in [6.45, 7) is 3.48. The van der Waals surface area contributed by atoms with Crippen LogP contribution < -0.4 is 21.3 Å². The molecule has 3 rings (SSSR count). The molecule has 0 aliphatic carbocycles. The Morgan fingerprint density at radius 3 is 2.60 bits per heavy atom. The molecule has 2 aromatic carbocycles. The standard InChI is InChI=1S/C19H21N3O3/c1-13-3-8-17-16(11-13)18(23)22(19(24)21-17)12-14-4-6-15(7-5-14)25-10-9-20-2/h3-8,11,20H,9-10,12H2,1-2H3,(H,21,24). The fraction of sp³-hybridized carbons (Fsp3) is 0.263. The van der Waals surface area contributed by atoms with Gasteiger partial charge in [-0.15, -0.1) is 0 Å². The zero-order valence-corrected chi connectivity index (χ0v) is 14.3. The van der Waals surface area contributed by atoms with Crippen molar-refractivity contribution in [2.75, 3.05) is 20.2 Å². The van der Waals surface area contributed by atoms with E-state index in [9.17, 15) is 9.59 Å². The number of rotatable bonds is 6. The molecule has 0 fully saturated rings. The Balaban J connectivity index is 1.87. The van der Waals surface area contributed by atoms with Crippen molar-refractivity contribution in [2.45, 2.75) is 13.5 Å². The van der Waals surface area contributed by atoms with E-state index < -0.39 is 5.69 Å². The Bertz CT molecular complexity index is 987. The number of H-pyrrole nitrogens is 1. The summed E-state index contributed by atoms with van der Waals surface area (Å²) in [5, 5.41) is 3.53. The van der Waals surface area contributed by atoms with Gasteiger partial charge in [-0.3, -0.25) is 9.36 Å². The molecule has 0 aliphatic rings. The summed E-state index contributed by atoms with van der Waals surface area (Å²) in [6, 6.07) is 12.8. The highest BCUT2D eigenvalue weighted by atomic mass is 16.5. The van der Waals surface area contributed by atoms with Crippen molar-refractivity contribution >= 4 is 10.9 Å². The number of aryl methyl sites for hydroxylation is 1. The van der Waals surface area contributed by atoms with Gasteiger partial charge in [0.25, 0.3) is 5.56 Å². The van der Waals surface area contributed by atoms with Gasteiger partial charge in [0.2, 0.25) is 0 Å². The maximum Gasteiger partial charge on any atom is 0.329 e. The van der Waals surface area contributed by atoms with Crippen molar-refractivity contribution in [2.24, 2.45) is 0 Å². The van der Waals surface area contributed by atoms with E-state index in [-0.39, 0.29) is 12.1 Å². The maximum absolute atomic E-state index is 12.7. The predicted octanol–water partition coefficient (Wildman–Crippen LogP) is 1.64. The van der Waals surface area contributed by atoms with E-state index in [1.54, 1.807) is 12.1 Å². The van der Waals surface area contributed by atoms with Crippen LogP contribution in [-0.4, -0.2) is 29.8 Å². The van der Waals surface area contributed by atoms with Crippen molar-refractivity contribution in [1.82, 2.24) is 14.9 Å². The van der Waals surface area contributed by atoms with Gasteiger partial charge in [0, 0.05) is 6.54 Å². The molecule has 0 aliphatic heterocycles. The lowest BCUT2D eigenvalue weighted by molar-refractivity contribution is 0.318. The molecule has 3 aromatic rings. The SMILES string of the molecule is CNCCOc1ccc(Cn2c(=O)[nH]c3ccc(C)cc3c2=O)cc1. The Hall–Kier alpha value is -2.86. The molecule has 25 heavy (non-hydrogen) atoms. The number of likely N-dealkylation sites (N-methyl/N-ethyl adjacent to an activating group) is 1. The molecule has 0 radical (unpaired) electrons. The van der Waals surface area contributed by atoms with E-state index in [2.05, 4.69) is 10.3 Å². The van der Waals surface area contributed by atoms with E-state index >= 15 is 0 Å². The van der Waals surface area contributed by atoms with Gasteiger partial charge in [0.05, 0.1) is 17.4 Å². The average Bonchev–Trinajstić information content (AvgIpc) is 2.61. The van der Waals surface area contributed by atoms with Gasteiger partial charge >= 0.3 is 5.69 Å². The minimum absolute atomic E-state index is 0.217. The van der Waals surface area contributed by atoms with Crippen molar-refractivity contribution < 1.29 is 4.74 Å². The van der Waals surface area contributed by atoms with E-state index in [0.717, 1.165) is 23.4 Å². The molecule has 6 heteroatoms. The van der Waals surface area contributed by atoms with Gasteiger partial charge in [-0.25, -0.2) is 4.79 Å². The second-order valence-electron chi connectivity index (χ2n) is 5.97. The summed E-state index contributed by atoms with van der Waals surface area (Å²) >= 11 is 0. The van der Waals surface area contributed by atoms with E-state index in [1.165, 1.54) is 4.57 Å². The van der Waals surface area contributed by atoms with Crippen LogP contribution in [0.1, 0.15) is 11.1 Å². The van der Waals surface area contributed by atoms with Crippen LogP contribution in [0.4, 0.5) is 0 Å². The number of benzene rings is 2. The first-order valence-corrected chi connectivity index (χ1v) is 8.18. The zero-order chi connectivity index (χ0) is 17.8. The molecule has 1 aromatic heterocycles. The maximum atomic E-state index is 12.7. The Kier molecular flexibility index (Phi) is 5.00. The molecule has 0 spiro atoms. The molecule has 2 N–H and O–H groups in total. The lowest BCUT2D eigenvalue weighted by atomic mass is 10.1. The number of ether oxygens (including phenoxy) is 1. The molecule has 6 nitrogen and oxygen atoms in total. The van der Waals surface area contributed by atoms with Crippen molar-refractivity contribution in [1.29, 1.82) is 0 Å². The number of hydrogen-bond acceptors (Lipinski definition) is 4. The Morgan fingerprint density at radius 1 is 1.12 bits per heavy atom. The van der Waals surface area contributed by atoms with Gasteiger partial charge < -0.3 is 15.0 Å². The van der Waals surface area contributed by atoms with E-state index in [0.29, 0.717) is 17.5 Å². The largest absolute Gasteiger partial charge is 0.492 e. The van der Waals surface area contributed by atoms with Gasteiger partial charge in [0.1, 0.15) is 12.4 Å².